The maximum absolute atomic E-state index is 10.6. The molecule has 2 unspecified atom stereocenters. The van der Waals surface area contributed by atoms with Crippen LogP contribution in [-0.4, -0.2) is 76.4 Å². The number of benzene rings is 2. The minimum atomic E-state index is 0.155. The number of piperazine rings is 1. The van der Waals surface area contributed by atoms with E-state index in [1.807, 2.05) is 18.2 Å². The average molecular weight is 646 g/mol. The van der Waals surface area contributed by atoms with Crippen molar-refractivity contribution in [3.05, 3.63) is 46.1 Å². The predicted octanol–water partition coefficient (Wildman–Crippen LogP) is 5.39. The molecule has 5 aliphatic heterocycles. The molecule has 3 aromatic rings. The summed E-state index contributed by atoms with van der Waals surface area (Å²) in [5, 5.41) is 16.6. The fraction of sp³-hybridized carbons (Fsp3) is 0.588. The van der Waals surface area contributed by atoms with Crippen LogP contribution in [0, 0.1) is 5.92 Å². The number of phenols is 1. The number of hydrogen-bond acceptors (Lipinski definition) is 8. The molecule has 1 aliphatic carbocycles. The van der Waals surface area contributed by atoms with E-state index >= 15 is 0 Å². The number of ether oxygens (including phenoxy) is 1. The third-order valence-corrected chi connectivity index (χ3v) is 12.2. The van der Waals surface area contributed by atoms with Crippen LogP contribution in [0.2, 0.25) is 0 Å². The van der Waals surface area contributed by atoms with Crippen molar-refractivity contribution < 1.29 is 9.84 Å². The molecule has 6 heterocycles. The lowest BCUT2D eigenvalue weighted by atomic mass is 9.90. The lowest BCUT2D eigenvalue weighted by Gasteiger charge is -2.38. The van der Waals surface area contributed by atoms with Gasteiger partial charge in [0.2, 0.25) is 0 Å². The van der Waals surface area contributed by atoms with Crippen molar-refractivity contribution in [1.29, 1.82) is 0 Å². The molecule has 43 heavy (non-hydrogen) atoms. The molecular formula is C34H41BrN6O2. The maximum atomic E-state index is 10.6. The van der Waals surface area contributed by atoms with E-state index in [2.05, 4.69) is 48.1 Å². The Morgan fingerprint density at radius 3 is 2.79 bits per heavy atom. The second-order valence-electron chi connectivity index (χ2n) is 14.0. The van der Waals surface area contributed by atoms with Gasteiger partial charge in [0.25, 0.3) is 0 Å². The number of aromatic nitrogens is 2. The quantitative estimate of drug-likeness (QED) is 0.383. The van der Waals surface area contributed by atoms with Crippen LogP contribution in [-0.2, 0) is 13.0 Å². The van der Waals surface area contributed by atoms with Gasteiger partial charge in [-0.15, -0.1) is 0 Å². The van der Waals surface area contributed by atoms with Crippen molar-refractivity contribution in [2.75, 3.05) is 42.6 Å². The molecule has 0 radical (unpaired) electrons. The van der Waals surface area contributed by atoms with E-state index in [1.54, 1.807) is 0 Å². The molecule has 1 aromatic heterocycles. The first-order valence-corrected chi connectivity index (χ1v) is 17.3. The zero-order chi connectivity index (χ0) is 28.7. The van der Waals surface area contributed by atoms with Gasteiger partial charge in [0, 0.05) is 64.9 Å². The fourth-order valence-corrected chi connectivity index (χ4v) is 10.3. The number of anilines is 2. The summed E-state index contributed by atoms with van der Waals surface area (Å²) >= 11 is 3.78. The third-order valence-electron chi connectivity index (χ3n) is 11.6. The molecule has 2 bridgehead atoms. The molecular weight excluding hydrogens is 604 g/mol. The van der Waals surface area contributed by atoms with Gasteiger partial charge in [0.1, 0.15) is 18.2 Å². The summed E-state index contributed by atoms with van der Waals surface area (Å²) in [4.78, 5) is 18.1. The molecule has 6 aliphatic rings. The number of phenolic OH excluding ortho intramolecular Hbond substituents is 1. The minimum Gasteiger partial charge on any atom is -0.508 e. The average Bonchev–Trinajstić information content (AvgIpc) is 3.76. The Morgan fingerprint density at radius 2 is 1.91 bits per heavy atom. The molecule has 0 spiro atoms. The third kappa shape index (κ3) is 4.44. The summed E-state index contributed by atoms with van der Waals surface area (Å²) < 4.78 is 7.74. The molecule has 9 heteroatoms. The SMILES string of the molecule is Oc1cc(N2CCc3c(nc(OC[C@]45CCCN4[C@@H]4CCC[C@@H]4C5)nc3N3CC4CCC(C3)N4)C2)c2c(Br)cccc2c1. The number of nitrogens with one attached hydrogen (secondary N) is 1. The Kier molecular flexibility index (Phi) is 6.35. The van der Waals surface area contributed by atoms with Gasteiger partial charge in [0.15, 0.2) is 0 Å². The van der Waals surface area contributed by atoms with Crippen LogP contribution < -0.4 is 19.9 Å². The Morgan fingerprint density at radius 1 is 1.02 bits per heavy atom. The monoisotopic (exact) mass is 644 g/mol. The highest BCUT2D eigenvalue weighted by molar-refractivity contribution is 9.10. The number of nitrogens with zero attached hydrogens (tertiary/aromatic N) is 5. The molecule has 2 N–H and O–H groups in total. The molecule has 5 fully saturated rings. The van der Waals surface area contributed by atoms with E-state index < -0.39 is 0 Å². The second-order valence-corrected chi connectivity index (χ2v) is 14.9. The van der Waals surface area contributed by atoms with Crippen molar-refractivity contribution in [3.8, 4) is 11.8 Å². The van der Waals surface area contributed by atoms with Crippen molar-refractivity contribution in [1.82, 2.24) is 20.2 Å². The highest BCUT2D eigenvalue weighted by Gasteiger charge is 2.55. The molecule has 1 saturated carbocycles. The zero-order valence-corrected chi connectivity index (χ0v) is 26.4. The smallest absolute Gasteiger partial charge is 0.318 e. The van der Waals surface area contributed by atoms with E-state index in [9.17, 15) is 5.11 Å². The van der Waals surface area contributed by atoms with E-state index in [-0.39, 0.29) is 11.3 Å². The predicted molar refractivity (Wildman–Crippen MR) is 172 cm³/mol. The van der Waals surface area contributed by atoms with Gasteiger partial charge in [-0.3, -0.25) is 4.90 Å². The van der Waals surface area contributed by atoms with Crippen molar-refractivity contribution in [2.45, 2.75) is 88.0 Å². The van der Waals surface area contributed by atoms with Crippen LogP contribution in [0.25, 0.3) is 10.8 Å². The van der Waals surface area contributed by atoms with Gasteiger partial charge < -0.3 is 25.0 Å². The maximum Gasteiger partial charge on any atom is 0.318 e. The number of aromatic hydroxyl groups is 1. The first-order valence-electron chi connectivity index (χ1n) is 16.5. The summed E-state index contributed by atoms with van der Waals surface area (Å²) in [6, 6.07) is 12.3. The van der Waals surface area contributed by atoms with Gasteiger partial charge >= 0.3 is 6.01 Å². The van der Waals surface area contributed by atoms with Gasteiger partial charge in [-0.25, -0.2) is 0 Å². The summed E-state index contributed by atoms with van der Waals surface area (Å²) in [6.07, 6.45) is 11.2. The number of hydrogen-bond donors (Lipinski definition) is 2. The molecule has 9 rings (SSSR count). The number of fused-ring (bicyclic) bond motifs is 7. The fourth-order valence-electron chi connectivity index (χ4n) is 9.75. The Bertz CT molecular complexity index is 1570. The highest BCUT2D eigenvalue weighted by Crippen LogP contribution is 2.51. The van der Waals surface area contributed by atoms with E-state index in [0.29, 0.717) is 31.2 Å². The number of rotatable bonds is 5. The van der Waals surface area contributed by atoms with Gasteiger partial charge in [-0.1, -0.05) is 34.5 Å². The second kappa shape index (κ2) is 10.2. The van der Waals surface area contributed by atoms with E-state index in [0.717, 1.165) is 70.5 Å². The molecule has 226 valence electrons. The van der Waals surface area contributed by atoms with Crippen LogP contribution in [0.5, 0.6) is 11.8 Å². The van der Waals surface area contributed by atoms with Crippen molar-refractivity contribution in [2.24, 2.45) is 5.92 Å². The van der Waals surface area contributed by atoms with Gasteiger partial charge in [0.05, 0.1) is 17.8 Å². The molecule has 4 saturated heterocycles. The largest absolute Gasteiger partial charge is 0.508 e. The lowest BCUT2D eigenvalue weighted by molar-refractivity contribution is 0.0829. The molecule has 0 amide bonds. The Labute approximate surface area is 261 Å². The number of halogens is 1. The van der Waals surface area contributed by atoms with Crippen molar-refractivity contribution in [3.63, 3.8) is 0 Å². The van der Waals surface area contributed by atoms with Crippen LogP contribution in [0.15, 0.2) is 34.8 Å². The standard InChI is InChI=1S/C34H41BrN6O2/c35-27-6-1-4-21-14-25(42)15-30(31(21)27)39-13-10-26-28(19-39)37-33(38-32(26)40-17-23-8-9-24(18-40)36-23)43-20-34-11-3-12-41(34)29-7-2-5-22(29)16-34/h1,4,6,14-15,22-24,29,36,42H,2-3,5,7-13,16-20H2/t22-,23?,24?,29-,34-/m1/s1. The minimum absolute atomic E-state index is 0.155. The van der Waals surface area contributed by atoms with E-state index in [4.69, 9.17) is 14.7 Å². The molecule has 5 atom stereocenters. The summed E-state index contributed by atoms with van der Waals surface area (Å²) in [6.45, 7) is 5.42. The van der Waals surface area contributed by atoms with Crippen molar-refractivity contribution >= 4 is 38.2 Å². The van der Waals surface area contributed by atoms with Gasteiger partial charge in [-0.2, -0.15) is 9.97 Å². The van der Waals surface area contributed by atoms with E-state index in [1.165, 1.54) is 63.5 Å². The summed E-state index contributed by atoms with van der Waals surface area (Å²) in [5.41, 5.74) is 3.52. The van der Waals surface area contributed by atoms with Crippen LogP contribution >= 0.6 is 15.9 Å². The van der Waals surface area contributed by atoms with Crippen LogP contribution in [0.4, 0.5) is 11.5 Å². The summed E-state index contributed by atoms with van der Waals surface area (Å²) in [5.74, 6) is 2.21. The Balaban J connectivity index is 1.06. The first kappa shape index (κ1) is 26.8. The van der Waals surface area contributed by atoms with Crippen LogP contribution in [0.3, 0.4) is 0 Å². The first-order chi connectivity index (χ1) is 21.0. The van der Waals surface area contributed by atoms with Gasteiger partial charge in [-0.05, 0) is 81.3 Å². The highest BCUT2D eigenvalue weighted by atomic mass is 79.9. The topological polar surface area (TPSA) is 77.0 Å². The zero-order valence-electron chi connectivity index (χ0n) is 24.8. The lowest BCUT2D eigenvalue weighted by Crippen LogP contribution is -2.52. The molecule has 2 aromatic carbocycles. The molecule has 8 nitrogen and oxygen atoms in total. The Hall–Kier alpha value is -2.62. The normalized spacial score (nSPS) is 31.5. The summed E-state index contributed by atoms with van der Waals surface area (Å²) in [7, 11) is 0. The van der Waals surface area contributed by atoms with Crippen LogP contribution in [0.1, 0.15) is 62.6 Å².